The summed E-state index contributed by atoms with van der Waals surface area (Å²) < 4.78 is 6.32. The lowest BCUT2D eigenvalue weighted by Gasteiger charge is -2.14. The van der Waals surface area contributed by atoms with Gasteiger partial charge in [0.1, 0.15) is 5.75 Å². The van der Waals surface area contributed by atoms with Gasteiger partial charge in [0.2, 0.25) is 0 Å². The number of aryl methyl sites for hydroxylation is 1. The average molecular weight is 335 g/mol. The highest BCUT2D eigenvalue weighted by atomic mass is 79.9. The molecule has 0 spiro atoms. The number of aliphatic hydroxyl groups excluding tert-OH is 1. The highest BCUT2D eigenvalue weighted by Gasteiger charge is 2.13. The van der Waals surface area contributed by atoms with Crippen molar-refractivity contribution in [1.82, 2.24) is 0 Å². The number of hydrogen-bond donors (Lipinski definition) is 1. The predicted octanol–water partition coefficient (Wildman–Crippen LogP) is 4.43. The van der Waals surface area contributed by atoms with E-state index in [1.54, 1.807) is 0 Å². The molecule has 1 N–H and O–H groups in total. The van der Waals surface area contributed by atoms with E-state index in [9.17, 15) is 5.11 Å². The lowest BCUT2D eigenvalue weighted by molar-refractivity contribution is 0.177. The summed E-state index contributed by atoms with van der Waals surface area (Å²) in [5.74, 6) is 0.811. The van der Waals surface area contributed by atoms with E-state index in [2.05, 4.69) is 35.0 Å². The third kappa shape index (κ3) is 3.84. The van der Waals surface area contributed by atoms with Crippen LogP contribution < -0.4 is 4.74 Å². The summed E-state index contributed by atoms with van der Waals surface area (Å²) in [6.07, 6.45) is 0.0794. The molecule has 0 aliphatic rings. The standard InChI is InChI=1S/C17H19BrO2/c1-3-20-14-7-8-15(16(18)11-14)17(19)10-13-6-4-5-12(2)9-13/h4-9,11,17,19H,3,10H2,1-2H3. The van der Waals surface area contributed by atoms with Gasteiger partial charge >= 0.3 is 0 Å². The number of benzene rings is 2. The van der Waals surface area contributed by atoms with E-state index in [-0.39, 0.29) is 0 Å². The van der Waals surface area contributed by atoms with E-state index in [4.69, 9.17) is 4.74 Å². The fraction of sp³-hybridized carbons (Fsp3) is 0.294. The molecule has 0 bridgehead atoms. The second-order valence-electron chi connectivity index (χ2n) is 4.83. The normalized spacial score (nSPS) is 12.2. The molecule has 1 unspecified atom stereocenters. The van der Waals surface area contributed by atoms with Crippen molar-refractivity contribution >= 4 is 15.9 Å². The van der Waals surface area contributed by atoms with Crippen LogP contribution in [0.3, 0.4) is 0 Å². The minimum Gasteiger partial charge on any atom is -0.494 e. The van der Waals surface area contributed by atoms with Crippen LogP contribution in [0, 0.1) is 6.92 Å². The van der Waals surface area contributed by atoms with E-state index < -0.39 is 6.10 Å². The summed E-state index contributed by atoms with van der Waals surface area (Å²) in [6, 6.07) is 13.9. The van der Waals surface area contributed by atoms with E-state index >= 15 is 0 Å². The SMILES string of the molecule is CCOc1ccc(C(O)Cc2cccc(C)c2)c(Br)c1. The highest BCUT2D eigenvalue weighted by Crippen LogP contribution is 2.29. The zero-order valence-electron chi connectivity index (χ0n) is 11.8. The predicted molar refractivity (Wildman–Crippen MR) is 85.2 cm³/mol. The summed E-state index contributed by atoms with van der Waals surface area (Å²) in [7, 11) is 0. The van der Waals surface area contributed by atoms with Crippen molar-refractivity contribution in [2.24, 2.45) is 0 Å². The van der Waals surface area contributed by atoms with Gasteiger partial charge in [0.15, 0.2) is 0 Å². The highest BCUT2D eigenvalue weighted by molar-refractivity contribution is 9.10. The van der Waals surface area contributed by atoms with Gasteiger partial charge in [-0.1, -0.05) is 51.8 Å². The van der Waals surface area contributed by atoms with Gasteiger partial charge in [-0.05, 0) is 37.1 Å². The monoisotopic (exact) mass is 334 g/mol. The molecule has 106 valence electrons. The minimum absolute atomic E-state index is 0.526. The lowest BCUT2D eigenvalue weighted by Crippen LogP contribution is -2.03. The van der Waals surface area contributed by atoms with Crippen LogP contribution in [0.5, 0.6) is 5.75 Å². The summed E-state index contributed by atoms with van der Waals surface area (Å²) in [6.45, 7) is 4.65. The number of hydrogen-bond acceptors (Lipinski definition) is 2. The molecule has 0 saturated heterocycles. The molecule has 2 rings (SSSR count). The second-order valence-corrected chi connectivity index (χ2v) is 5.68. The topological polar surface area (TPSA) is 29.5 Å². The maximum atomic E-state index is 10.4. The third-order valence-electron chi connectivity index (χ3n) is 3.15. The molecule has 0 aromatic heterocycles. The first-order valence-corrected chi connectivity index (χ1v) is 7.55. The van der Waals surface area contributed by atoms with E-state index in [1.165, 1.54) is 5.56 Å². The number of aliphatic hydroxyl groups is 1. The van der Waals surface area contributed by atoms with E-state index in [1.807, 2.05) is 37.3 Å². The smallest absolute Gasteiger partial charge is 0.120 e. The largest absolute Gasteiger partial charge is 0.494 e. The van der Waals surface area contributed by atoms with Gasteiger partial charge in [0.25, 0.3) is 0 Å². The maximum Gasteiger partial charge on any atom is 0.120 e. The Morgan fingerprint density at radius 1 is 1.20 bits per heavy atom. The zero-order valence-corrected chi connectivity index (χ0v) is 13.4. The van der Waals surface area contributed by atoms with Gasteiger partial charge in [0.05, 0.1) is 12.7 Å². The quantitative estimate of drug-likeness (QED) is 0.876. The Hall–Kier alpha value is -1.32. The number of halogens is 1. The molecule has 2 aromatic carbocycles. The van der Waals surface area contributed by atoms with Crippen molar-refractivity contribution in [3.05, 3.63) is 63.6 Å². The summed E-state index contributed by atoms with van der Waals surface area (Å²) >= 11 is 3.51. The molecule has 2 aromatic rings. The van der Waals surface area contributed by atoms with Crippen molar-refractivity contribution < 1.29 is 9.84 Å². The molecule has 0 amide bonds. The van der Waals surface area contributed by atoms with Gasteiger partial charge < -0.3 is 9.84 Å². The van der Waals surface area contributed by atoms with Gasteiger partial charge in [-0.25, -0.2) is 0 Å². The Labute approximate surface area is 128 Å². The summed E-state index contributed by atoms with van der Waals surface area (Å²) in [5.41, 5.74) is 3.23. The third-order valence-corrected chi connectivity index (χ3v) is 3.84. The van der Waals surface area contributed by atoms with E-state index in [0.717, 1.165) is 21.3 Å². The molecule has 0 aliphatic carbocycles. The van der Waals surface area contributed by atoms with Gasteiger partial charge in [-0.3, -0.25) is 0 Å². The zero-order chi connectivity index (χ0) is 14.5. The molecule has 1 atom stereocenters. The molecular formula is C17H19BrO2. The molecule has 2 nitrogen and oxygen atoms in total. The van der Waals surface area contributed by atoms with E-state index in [0.29, 0.717) is 13.0 Å². The minimum atomic E-state index is -0.526. The van der Waals surface area contributed by atoms with Crippen molar-refractivity contribution in [2.45, 2.75) is 26.4 Å². The Kier molecular flexibility index (Phi) is 5.21. The summed E-state index contributed by atoms with van der Waals surface area (Å²) in [4.78, 5) is 0. The average Bonchev–Trinajstić information content (AvgIpc) is 2.39. The molecule has 0 fully saturated rings. The fourth-order valence-corrected chi connectivity index (χ4v) is 2.83. The van der Waals surface area contributed by atoms with Crippen molar-refractivity contribution in [1.29, 1.82) is 0 Å². The molecule has 0 saturated carbocycles. The lowest BCUT2D eigenvalue weighted by atomic mass is 10.0. The van der Waals surface area contributed by atoms with Crippen LogP contribution in [-0.4, -0.2) is 11.7 Å². The van der Waals surface area contributed by atoms with Crippen LogP contribution in [0.25, 0.3) is 0 Å². The van der Waals surface area contributed by atoms with Crippen LogP contribution >= 0.6 is 15.9 Å². The Morgan fingerprint density at radius 2 is 2.00 bits per heavy atom. The van der Waals surface area contributed by atoms with Gasteiger partial charge in [0, 0.05) is 10.9 Å². The Bertz CT molecular complexity index is 581. The Morgan fingerprint density at radius 3 is 2.65 bits per heavy atom. The Balaban J connectivity index is 2.14. The van der Waals surface area contributed by atoms with Crippen molar-refractivity contribution in [3.63, 3.8) is 0 Å². The number of rotatable bonds is 5. The van der Waals surface area contributed by atoms with Crippen LogP contribution in [0.2, 0.25) is 0 Å². The molecule has 0 heterocycles. The molecule has 3 heteroatoms. The first kappa shape index (κ1) is 15.1. The van der Waals surface area contributed by atoms with Crippen LogP contribution in [0.1, 0.15) is 29.7 Å². The fourth-order valence-electron chi connectivity index (χ4n) is 2.21. The molecular weight excluding hydrogens is 316 g/mol. The van der Waals surface area contributed by atoms with Crippen LogP contribution in [0.15, 0.2) is 46.9 Å². The van der Waals surface area contributed by atoms with Crippen molar-refractivity contribution in [3.8, 4) is 5.75 Å². The van der Waals surface area contributed by atoms with Crippen molar-refractivity contribution in [2.75, 3.05) is 6.61 Å². The van der Waals surface area contributed by atoms with Crippen LogP contribution in [-0.2, 0) is 6.42 Å². The van der Waals surface area contributed by atoms with Crippen LogP contribution in [0.4, 0.5) is 0 Å². The van der Waals surface area contributed by atoms with Gasteiger partial charge in [-0.15, -0.1) is 0 Å². The molecule has 20 heavy (non-hydrogen) atoms. The second kappa shape index (κ2) is 6.91. The summed E-state index contributed by atoms with van der Waals surface area (Å²) in [5, 5.41) is 10.4. The maximum absolute atomic E-state index is 10.4. The first-order valence-electron chi connectivity index (χ1n) is 6.76. The number of ether oxygens (including phenoxy) is 1. The van der Waals surface area contributed by atoms with Gasteiger partial charge in [-0.2, -0.15) is 0 Å². The molecule has 0 radical (unpaired) electrons. The molecule has 0 aliphatic heterocycles. The first-order chi connectivity index (χ1) is 9.60.